The first-order valence-corrected chi connectivity index (χ1v) is 8.80. The first kappa shape index (κ1) is 15.6. The highest BCUT2D eigenvalue weighted by Gasteiger charge is 2.50. The van der Waals surface area contributed by atoms with Crippen molar-refractivity contribution in [3.8, 4) is 0 Å². The summed E-state index contributed by atoms with van der Waals surface area (Å²) in [6, 6.07) is 7.98. The molecule has 1 aliphatic carbocycles. The summed E-state index contributed by atoms with van der Waals surface area (Å²) in [5.74, 6) is 0.528. The van der Waals surface area contributed by atoms with Crippen molar-refractivity contribution >= 4 is 16.8 Å². The van der Waals surface area contributed by atoms with Crippen molar-refractivity contribution < 1.29 is 9.90 Å². The SMILES string of the molecule is Cc1ccc2nc(C)cc(C(=O)N3C[C@@H]4CCC[C@]4(CO)C3)c2c1. The summed E-state index contributed by atoms with van der Waals surface area (Å²) in [5.41, 5.74) is 3.55. The molecule has 4 rings (SSSR count). The molecule has 24 heavy (non-hydrogen) atoms. The summed E-state index contributed by atoms with van der Waals surface area (Å²) in [7, 11) is 0. The van der Waals surface area contributed by atoms with Crippen LogP contribution in [0.15, 0.2) is 24.3 Å². The minimum absolute atomic E-state index is 0.0660. The summed E-state index contributed by atoms with van der Waals surface area (Å²) >= 11 is 0. The van der Waals surface area contributed by atoms with Crippen LogP contribution >= 0.6 is 0 Å². The minimum atomic E-state index is -0.0660. The number of nitrogens with zero attached hydrogens (tertiary/aromatic N) is 2. The second-order valence-corrected chi connectivity index (χ2v) is 7.63. The first-order valence-electron chi connectivity index (χ1n) is 8.80. The van der Waals surface area contributed by atoms with Gasteiger partial charge in [-0.25, -0.2) is 0 Å². The molecule has 1 amide bonds. The van der Waals surface area contributed by atoms with Gasteiger partial charge < -0.3 is 10.0 Å². The van der Waals surface area contributed by atoms with E-state index in [0.717, 1.165) is 47.1 Å². The van der Waals surface area contributed by atoms with Gasteiger partial charge in [-0.2, -0.15) is 0 Å². The summed E-state index contributed by atoms with van der Waals surface area (Å²) in [4.78, 5) is 19.7. The van der Waals surface area contributed by atoms with Crippen molar-refractivity contribution in [1.82, 2.24) is 9.88 Å². The van der Waals surface area contributed by atoms with E-state index in [0.29, 0.717) is 12.5 Å². The highest BCUT2D eigenvalue weighted by Crippen LogP contribution is 2.48. The number of hydrogen-bond donors (Lipinski definition) is 1. The molecular formula is C20H24N2O2. The van der Waals surface area contributed by atoms with E-state index in [-0.39, 0.29) is 17.9 Å². The van der Waals surface area contributed by atoms with E-state index in [1.807, 2.05) is 43.0 Å². The number of likely N-dealkylation sites (tertiary alicyclic amines) is 1. The Morgan fingerprint density at radius 2 is 2.21 bits per heavy atom. The van der Waals surface area contributed by atoms with E-state index in [9.17, 15) is 9.90 Å². The van der Waals surface area contributed by atoms with Crippen LogP contribution in [0, 0.1) is 25.2 Å². The number of benzene rings is 1. The van der Waals surface area contributed by atoms with Crippen molar-refractivity contribution in [2.45, 2.75) is 33.1 Å². The van der Waals surface area contributed by atoms with Gasteiger partial charge in [0, 0.05) is 29.6 Å². The topological polar surface area (TPSA) is 53.4 Å². The molecule has 1 saturated carbocycles. The minimum Gasteiger partial charge on any atom is -0.396 e. The zero-order valence-electron chi connectivity index (χ0n) is 14.4. The molecule has 0 radical (unpaired) electrons. The van der Waals surface area contributed by atoms with E-state index in [1.54, 1.807) is 0 Å². The van der Waals surface area contributed by atoms with Gasteiger partial charge in [0.05, 0.1) is 17.7 Å². The molecule has 4 nitrogen and oxygen atoms in total. The third-order valence-corrected chi connectivity index (χ3v) is 5.96. The van der Waals surface area contributed by atoms with Gasteiger partial charge in [-0.15, -0.1) is 0 Å². The molecule has 0 bridgehead atoms. The largest absolute Gasteiger partial charge is 0.396 e. The second-order valence-electron chi connectivity index (χ2n) is 7.63. The Kier molecular flexibility index (Phi) is 3.61. The Bertz CT molecular complexity index is 817. The predicted molar refractivity (Wildman–Crippen MR) is 94.0 cm³/mol. The summed E-state index contributed by atoms with van der Waals surface area (Å²) in [6.07, 6.45) is 3.33. The maximum absolute atomic E-state index is 13.2. The molecule has 2 atom stereocenters. The lowest BCUT2D eigenvalue weighted by molar-refractivity contribution is 0.0736. The van der Waals surface area contributed by atoms with E-state index in [1.165, 1.54) is 6.42 Å². The average Bonchev–Trinajstić information content (AvgIpc) is 3.11. The molecule has 1 aromatic heterocycles. The predicted octanol–water partition coefficient (Wildman–Crippen LogP) is 3.09. The number of carbonyl (C=O) groups excluding carboxylic acids is 1. The molecule has 0 unspecified atom stereocenters. The van der Waals surface area contributed by atoms with E-state index in [4.69, 9.17) is 0 Å². The van der Waals surface area contributed by atoms with Crippen LogP contribution in [0.1, 0.15) is 40.9 Å². The van der Waals surface area contributed by atoms with Gasteiger partial charge in [-0.1, -0.05) is 18.1 Å². The number of aliphatic hydroxyl groups is 1. The van der Waals surface area contributed by atoms with Gasteiger partial charge >= 0.3 is 0 Å². The maximum Gasteiger partial charge on any atom is 0.254 e. The Labute approximate surface area is 142 Å². The Morgan fingerprint density at radius 3 is 2.96 bits per heavy atom. The lowest BCUT2D eigenvalue weighted by atomic mass is 9.82. The van der Waals surface area contributed by atoms with E-state index < -0.39 is 0 Å². The van der Waals surface area contributed by atoms with Crippen LogP contribution < -0.4 is 0 Å². The Hall–Kier alpha value is -1.94. The fraction of sp³-hybridized carbons (Fsp3) is 0.500. The summed E-state index contributed by atoms with van der Waals surface area (Å²) < 4.78 is 0. The number of aliphatic hydroxyl groups excluding tert-OH is 1. The van der Waals surface area contributed by atoms with Crippen LogP contribution in [0.4, 0.5) is 0 Å². The van der Waals surface area contributed by atoms with Crippen LogP contribution in [0.25, 0.3) is 10.9 Å². The molecule has 1 aliphatic heterocycles. The Balaban J connectivity index is 1.73. The number of aromatic nitrogens is 1. The zero-order chi connectivity index (χ0) is 16.9. The molecule has 0 spiro atoms. The first-order chi connectivity index (χ1) is 11.5. The molecule has 2 aliphatic rings. The monoisotopic (exact) mass is 324 g/mol. The highest BCUT2D eigenvalue weighted by atomic mass is 16.3. The smallest absolute Gasteiger partial charge is 0.254 e. The quantitative estimate of drug-likeness (QED) is 0.923. The van der Waals surface area contributed by atoms with Gasteiger partial charge in [0.1, 0.15) is 0 Å². The van der Waals surface area contributed by atoms with Crippen molar-refractivity contribution in [2.75, 3.05) is 19.7 Å². The van der Waals surface area contributed by atoms with Crippen molar-refractivity contribution in [1.29, 1.82) is 0 Å². The zero-order valence-corrected chi connectivity index (χ0v) is 14.4. The molecule has 1 saturated heterocycles. The molecule has 1 aromatic carbocycles. The summed E-state index contributed by atoms with van der Waals surface area (Å²) in [5, 5.41) is 10.8. The molecule has 1 N–H and O–H groups in total. The molecule has 2 fully saturated rings. The molecule has 2 aromatic rings. The van der Waals surface area contributed by atoms with Crippen molar-refractivity contribution in [3.05, 3.63) is 41.1 Å². The number of fused-ring (bicyclic) bond motifs is 2. The number of carbonyl (C=O) groups is 1. The molecular weight excluding hydrogens is 300 g/mol. The van der Waals surface area contributed by atoms with Gasteiger partial charge in [-0.05, 0) is 50.8 Å². The number of aryl methyl sites for hydroxylation is 2. The third kappa shape index (κ3) is 2.32. The number of rotatable bonds is 2. The van der Waals surface area contributed by atoms with Gasteiger partial charge in [0.2, 0.25) is 0 Å². The molecule has 2 heterocycles. The van der Waals surface area contributed by atoms with Crippen molar-refractivity contribution in [2.24, 2.45) is 11.3 Å². The third-order valence-electron chi connectivity index (χ3n) is 5.96. The summed E-state index contributed by atoms with van der Waals surface area (Å²) in [6.45, 7) is 5.62. The van der Waals surface area contributed by atoms with Crippen LogP contribution in [-0.2, 0) is 0 Å². The van der Waals surface area contributed by atoms with Gasteiger partial charge in [0.15, 0.2) is 0 Å². The van der Waals surface area contributed by atoms with E-state index in [2.05, 4.69) is 4.98 Å². The number of hydrogen-bond acceptors (Lipinski definition) is 3. The van der Waals surface area contributed by atoms with E-state index >= 15 is 0 Å². The molecule has 126 valence electrons. The van der Waals surface area contributed by atoms with Crippen LogP contribution in [0.3, 0.4) is 0 Å². The van der Waals surface area contributed by atoms with Gasteiger partial charge in [-0.3, -0.25) is 9.78 Å². The lowest BCUT2D eigenvalue weighted by Crippen LogP contribution is -2.34. The highest BCUT2D eigenvalue weighted by molar-refractivity contribution is 6.06. The molecule has 4 heteroatoms. The number of pyridine rings is 1. The van der Waals surface area contributed by atoms with Gasteiger partial charge in [0.25, 0.3) is 5.91 Å². The Morgan fingerprint density at radius 1 is 1.38 bits per heavy atom. The fourth-order valence-electron chi connectivity index (χ4n) is 4.65. The second kappa shape index (κ2) is 5.55. The van der Waals surface area contributed by atoms with Crippen LogP contribution in [0.5, 0.6) is 0 Å². The maximum atomic E-state index is 13.2. The average molecular weight is 324 g/mol. The number of amides is 1. The normalized spacial score (nSPS) is 26.1. The standard InChI is InChI=1S/C20H24N2O2/c1-13-5-6-18-16(8-13)17(9-14(2)21-18)19(24)22-10-15-4-3-7-20(15,11-22)12-23/h5-6,8-9,15,23H,3-4,7,10-12H2,1-2H3/t15-,20+/m0/s1. The van der Waals surface area contributed by atoms with Crippen LogP contribution in [-0.4, -0.2) is 40.6 Å². The fourth-order valence-corrected chi connectivity index (χ4v) is 4.65. The lowest BCUT2D eigenvalue weighted by Gasteiger charge is -2.26. The van der Waals surface area contributed by atoms with Crippen molar-refractivity contribution in [3.63, 3.8) is 0 Å². The van der Waals surface area contributed by atoms with Crippen LogP contribution in [0.2, 0.25) is 0 Å².